The first-order valence-corrected chi connectivity index (χ1v) is 6.19. The molecule has 0 radical (unpaired) electrons. The number of ether oxygens (including phenoxy) is 2. The van der Waals surface area contributed by atoms with Crippen molar-refractivity contribution in [3.8, 4) is 11.5 Å². The van der Waals surface area contributed by atoms with Gasteiger partial charge in [0.25, 0.3) is 5.91 Å². The molecule has 2 rings (SSSR count). The quantitative estimate of drug-likeness (QED) is 0.644. The summed E-state index contributed by atoms with van der Waals surface area (Å²) in [5.41, 5.74) is 1.24. The number of hydrogen-bond donors (Lipinski definition) is 2. The van der Waals surface area contributed by atoms with E-state index < -0.39 is 0 Å². The predicted molar refractivity (Wildman–Crippen MR) is 76.0 cm³/mol. The van der Waals surface area contributed by atoms with Crippen LogP contribution in [0.25, 0.3) is 6.08 Å². The van der Waals surface area contributed by atoms with E-state index in [9.17, 15) is 4.79 Å². The number of methoxy groups -OCH3 is 1. The minimum Gasteiger partial charge on any atom is -0.493 e. The van der Waals surface area contributed by atoms with Crippen LogP contribution >= 0.6 is 12.2 Å². The maximum absolute atomic E-state index is 11.5. The topological polar surface area (TPSA) is 59.6 Å². The molecule has 0 unspecified atom stereocenters. The third-order valence-corrected chi connectivity index (χ3v) is 2.72. The van der Waals surface area contributed by atoms with E-state index in [1.54, 1.807) is 25.3 Å². The molecule has 0 spiro atoms. The van der Waals surface area contributed by atoms with Gasteiger partial charge in [-0.05, 0) is 42.9 Å². The van der Waals surface area contributed by atoms with Gasteiger partial charge in [0.1, 0.15) is 5.70 Å². The van der Waals surface area contributed by atoms with Crippen molar-refractivity contribution < 1.29 is 14.3 Å². The first-order chi connectivity index (χ1) is 9.13. The van der Waals surface area contributed by atoms with Crippen LogP contribution in [0, 0.1) is 0 Å². The SMILES string of the molecule is CCOc1ccc(/C=C2/NC(=S)NC2=O)cc1OC. The molecule has 2 N–H and O–H groups in total. The summed E-state index contributed by atoms with van der Waals surface area (Å²) < 4.78 is 10.7. The summed E-state index contributed by atoms with van der Waals surface area (Å²) in [7, 11) is 1.57. The maximum Gasteiger partial charge on any atom is 0.273 e. The summed E-state index contributed by atoms with van der Waals surface area (Å²) in [6.07, 6.45) is 1.70. The Morgan fingerprint density at radius 3 is 2.68 bits per heavy atom. The van der Waals surface area contributed by atoms with Crippen molar-refractivity contribution in [1.29, 1.82) is 0 Å². The van der Waals surface area contributed by atoms with E-state index >= 15 is 0 Å². The largest absolute Gasteiger partial charge is 0.493 e. The fourth-order valence-electron chi connectivity index (χ4n) is 1.70. The summed E-state index contributed by atoms with van der Waals surface area (Å²) in [5, 5.41) is 5.61. The molecule has 0 aromatic heterocycles. The van der Waals surface area contributed by atoms with Gasteiger partial charge < -0.3 is 14.8 Å². The zero-order valence-electron chi connectivity index (χ0n) is 10.6. The van der Waals surface area contributed by atoms with Crippen molar-refractivity contribution in [1.82, 2.24) is 10.6 Å². The third kappa shape index (κ3) is 3.03. The van der Waals surface area contributed by atoms with E-state index in [2.05, 4.69) is 10.6 Å². The van der Waals surface area contributed by atoms with Crippen LogP contribution in [0.15, 0.2) is 23.9 Å². The zero-order chi connectivity index (χ0) is 13.8. The first-order valence-electron chi connectivity index (χ1n) is 5.79. The molecule has 0 aliphatic carbocycles. The van der Waals surface area contributed by atoms with Crippen molar-refractivity contribution in [2.24, 2.45) is 0 Å². The number of benzene rings is 1. The van der Waals surface area contributed by atoms with Crippen molar-refractivity contribution in [3.05, 3.63) is 29.5 Å². The van der Waals surface area contributed by atoms with E-state index in [1.165, 1.54) is 0 Å². The Balaban J connectivity index is 2.29. The van der Waals surface area contributed by atoms with Gasteiger partial charge in [-0.15, -0.1) is 0 Å². The number of hydrogen-bond acceptors (Lipinski definition) is 4. The van der Waals surface area contributed by atoms with Crippen molar-refractivity contribution in [3.63, 3.8) is 0 Å². The van der Waals surface area contributed by atoms with Crippen LogP contribution in [-0.4, -0.2) is 24.7 Å². The fraction of sp³-hybridized carbons (Fsp3) is 0.231. The number of carbonyl (C=O) groups is 1. The van der Waals surface area contributed by atoms with Gasteiger partial charge >= 0.3 is 0 Å². The van der Waals surface area contributed by atoms with Gasteiger partial charge in [-0.3, -0.25) is 10.1 Å². The monoisotopic (exact) mass is 278 g/mol. The van der Waals surface area contributed by atoms with Crippen LogP contribution in [0.4, 0.5) is 0 Å². The predicted octanol–water partition coefficient (Wildman–Crippen LogP) is 1.44. The molecule has 1 amide bonds. The summed E-state index contributed by atoms with van der Waals surface area (Å²) in [4.78, 5) is 11.5. The second kappa shape index (κ2) is 5.71. The molecule has 100 valence electrons. The second-order valence-corrected chi connectivity index (χ2v) is 4.22. The number of rotatable bonds is 4. The summed E-state index contributed by atoms with van der Waals surface area (Å²) in [6.45, 7) is 2.47. The molecule has 1 saturated heterocycles. The molecule has 1 aliphatic heterocycles. The van der Waals surface area contributed by atoms with E-state index in [0.29, 0.717) is 28.9 Å². The number of carbonyl (C=O) groups excluding carboxylic acids is 1. The average molecular weight is 278 g/mol. The molecule has 1 heterocycles. The molecule has 1 aliphatic rings. The molecule has 0 bridgehead atoms. The van der Waals surface area contributed by atoms with Crippen LogP contribution in [0.3, 0.4) is 0 Å². The van der Waals surface area contributed by atoms with Gasteiger partial charge in [-0.25, -0.2) is 0 Å². The van der Waals surface area contributed by atoms with E-state index in [-0.39, 0.29) is 5.91 Å². The third-order valence-electron chi connectivity index (χ3n) is 2.52. The van der Waals surface area contributed by atoms with Gasteiger partial charge in [0.05, 0.1) is 13.7 Å². The molecule has 0 saturated carbocycles. The minimum atomic E-state index is -0.238. The van der Waals surface area contributed by atoms with Crippen LogP contribution in [0.1, 0.15) is 12.5 Å². The summed E-state index contributed by atoms with van der Waals surface area (Å²) in [6, 6.07) is 5.45. The van der Waals surface area contributed by atoms with Crippen molar-refractivity contribution >= 4 is 29.3 Å². The highest BCUT2D eigenvalue weighted by Gasteiger charge is 2.20. The molecule has 1 fully saturated rings. The number of nitrogens with one attached hydrogen (secondary N) is 2. The molecule has 0 atom stereocenters. The first kappa shape index (κ1) is 13.4. The number of amides is 1. The van der Waals surface area contributed by atoms with Gasteiger partial charge in [0.2, 0.25) is 0 Å². The lowest BCUT2D eigenvalue weighted by Gasteiger charge is -2.09. The van der Waals surface area contributed by atoms with Gasteiger partial charge in [-0.2, -0.15) is 0 Å². The zero-order valence-corrected chi connectivity index (χ0v) is 11.5. The Morgan fingerprint density at radius 2 is 2.11 bits per heavy atom. The summed E-state index contributed by atoms with van der Waals surface area (Å²) >= 11 is 4.86. The van der Waals surface area contributed by atoms with E-state index in [0.717, 1.165) is 5.56 Å². The maximum atomic E-state index is 11.5. The molecule has 19 heavy (non-hydrogen) atoms. The van der Waals surface area contributed by atoms with Crippen LogP contribution in [-0.2, 0) is 4.79 Å². The van der Waals surface area contributed by atoms with Crippen LogP contribution < -0.4 is 20.1 Å². The Kier molecular flexibility index (Phi) is 4.01. The standard InChI is InChI=1S/C13H14N2O3S/c1-3-18-10-5-4-8(7-11(10)17-2)6-9-12(16)15-13(19)14-9/h4-7H,3H2,1-2H3,(H2,14,15,16,19)/b9-6+. The van der Waals surface area contributed by atoms with Gasteiger partial charge in [-0.1, -0.05) is 6.07 Å². The van der Waals surface area contributed by atoms with Crippen molar-refractivity contribution in [2.75, 3.05) is 13.7 Å². The van der Waals surface area contributed by atoms with Crippen LogP contribution in [0.5, 0.6) is 11.5 Å². The number of thiocarbonyl (C=S) groups is 1. The molecule has 1 aromatic carbocycles. The highest BCUT2D eigenvalue weighted by molar-refractivity contribution is 7.80. The average Bonchev–Trinajstić information content (AvgIpc) is 2.70. The van der Waals surface area contributed by atoms with E-state index in [1.807, 2.05) is 13.0 Å². The smallest absolute Gasteiger partial charge is 0.273 e. The summed E-state index contributed by atoms with van der Waals surface area (Å²) in [5.74, 6) is 1.06. The Morgan fingerprint density at radius 1 is 1.32 bits per heavy atom. The minimum absolute atomic E-state index is 0.238. The Hall–Kier alpha value is -2.08. The van der Waals surface area contributed by atoms with Crippen LogP contribution in [0.2, 0.25) is 0 Å². The van der Waals surface area contributed by atoms with Crippen molar-refractivity contribution in [2.45, 2.75) is 6.92 Å². The van der Waals surface area contributed by atoms with Gasteiger partial charge in [0.15, 0.2) is 16.6 Å². The molecular formula is C13H14N2O3S. The Labute approximate surface area is 116 Å². The lowest BCUT2D eigenvalue weighted by Crippen LogP contribution is -2.21. The molecule has 6 heteroatoms. The molecular weight excluding hydrogens is 264 g/mol. The molecule has 5 nitrogen and oxygen atoms in total. The molecule has 1 aromatic rings. The highest BCUT2D eigenvalue weighted by Crippen LogP contribution is 2.28. The van der Waals surface area contributed by atoms with E-state index in [4.69, 9.17) is 21.7 Å². The second-order valence-electron chi connectivity index (χ2n) is 3.81. The fourth-order valence-corrected chi connectivity index (χ4v) is 1.90. The lowest BCUT2D eigenvalue weighted by atomic mass is 10.1. The Bertz CT molecular complexity index is 555. The highest BCUT2D eigenvalue weighted by atomic mass is 32.1. The normalized spacial score (nSPS) is 16.2. The van der Waals surface area contributed by atoms with Gasteiger partial charge in [0, 0.05) is 0 Å². The lowest BCUT2D eigenvalue weighted by molar-refractivity contribution is -0.115.